The molecule has 90 valence electrons. The van der Waals surface area contributed by atoms with Crippen molar-refractivity contribution < 1.29 is 4.74 Å². The fourth-order valence-corrected chi connectivity index (χ4v) is 1.73. The SMILES string of the molecule is CCN(Cc1cccnc1N)C(C)COC. The molecule has 0 spiro atoms. The monoisotopic (exact) mass is 223 g/mol. The molecule has 0 aromatic carbocycles. The average Bonchev–Trinajstić information content (AvgIpc) is 2.28. The summed E-state index contributed by atoms with van der Waals surface area (Å²) in [6.07, 6.45) is 1.72. The van der Waals surface area contributed by atoms with Gasteiger partial charge in [0, 0.05) is 31.5 Å². The van der Waals surface area contributed by atoms with Crippen LogP contribution >= 0.6 is 0 Å². The molecule has 0 bridgehead atoms. The number of hydrogen-bond acceptors (Lipinski definition) is 4. The van der Waals surface area contributed by atoms with E-state index in [4.69, 9.17) is 10.5 Å². The van der Waals surface area contributed by atoms with Gasteiger partial charge < -0.3 is 10.5 Å². The molecule has 0 aliphatic rings. The van der Waals surface area contributed by atoms with Crippen LogP contribution in [0.2, 0.25) is 0 Å². The Morgan fingerprint density at radius 2 is 2.31 bits per heavy atom. The quantitative estimate of drug-likeness (QED) is 0.794. The van der Waals surface area contributed by atoms with Crippen molar-refractivity contribution in [3.05, 3.63) is 23.9 Å². The minimum absolute atomic E-state index is 0.384. The molecule has 4 nitrogen and oxygen atoms in total. The lowest BCUT2D eigenvalue weighted by Crippen LogP contribution is -2.35. The van der Waals surface area contributed by atoms with E-state index in [9.17, 15) is 0 Å². The van der Waals surface area contributed by atoms with Crippen molar-refractivity contribution in [2.24, 2.45) is 0 Å². The Labute approximate surface area is 97.4 Å². The number of hydrogen-bond donors (Lipinski definition) is 1. The van der Waals surface area contributed by atoms with Crippen LogP contribution in [-0.2, 0) is 11.3 Å². The average molecular weight is 223 g/mol. The van der Waals surface area contributed by atoms with Crippen LogP contribution in [0.4, 0.5) is 5.82 Å². The zero-order chi connectivity index (χ0) is 12.0. The molecule has 4 heteroatoms. The van der Waals surface area contributed by atoms with Crippen LogP contribution in [0.3, 0.4) is 0 Å². The third kappa shape index (κ3) is 3.47. The minimum Gasteiger partial charge on any atom is -0.383 e. The fourth-order valence-electron chi connectivity index (χ4n) is 1.73. The molecule has 1 aromatic rings. The highest BCUT2D eigenvalue weighted by atomic mass is 16.5. The standard InChI is InChI=1S/C12H21N3O/c1-4-15(10(2)9-16-3)8-11-6-5-7-14-12(11)13/h5-7,10H,4,8-9H2,1-3H3,(H2,13,14). The first-order valence-corrected chi connectivity index (χ1v) is 5.61. The number of methoxy groups -OCH3 is 1. The van der Waals surface area contributed by atoms with Crippen molar-refractivity contribution in [3.63, 3.8) is 0 Å². The van der Waals surface area contributed by atoms with Crippen molar-refractivity contribution in [2.45, 2.75) is 26.4 Å². The van der Waals surface area contributed by atoms with E-state index in [1.165, 1.54) is 0 Å². The Bertz CT molecular complexity index is 317. The van der Waals surface area contributed by atoms with Crippen LogP contribution in [0.25, 0.3) is 0 Å². The van der Waals surface area contributed by atoms with Gasteiger partial charge in [-0.3, -0.25) is 4.90 Å². The van der Waals surface area contributed by atoms with Gasteiger partial charge in [-0.1, -0.05) is 13.0 Å². The van der Waals surface area contributed by atoms with Crippen molar-refractivity contribution in [3.8, 4) is 0 Å². The van der Waals surface area contributed by atoms with E-state index in [0.717, 1.165) is 25.3 Å². The molecule has 1 heterocycles. The van der Waals surface area contributed by atoms with Crippen LogP contribution in [0.1, 0.15) is 19.4 Å². The summed E-state index contributed by atoms with van der Waals surface area (Å²) in [4.78, 5) is 6.41. The minimum atomic E-state index is 0.384. The zero-order valence-electron chi connectivity index (χ0n) is 10.3. The first-order valence-electron chi connectivity index (χ1n) is 5.61. The maximum atomic E-state index is 5.83. The zero-order valence-corrected chi connectivity index (χ0v) is 10.3. The van der Waals surface area contributed by atoms with E-state index >= 15 is 0 Å². The van der Waals surface area contributed by atoms with E-state index in [1.54, 1.807) is 13.3 Å². The van der Waals surface area contributed by atoms with Gasteiger partial charge in [0.15, 0.2) is 0 Å². The molecular weight excluding hydrogens is 202 g/mol. The summed E-state index contributed by atoms with van der Waals surface area (Å²) in [5.41, 5.74) is 6.90. The van der Waals surface area contributed by atoms with Crippen LogP contribution in [-0.4, -0.2) is 36.2 Å². The van der Waals surface area contributed by atoms with Crippen molar-refractivity contribution in [1.82, 2.24) is 9.88 Å². The van der Waals surface area contributed by atoms with Gasteiger partial charge in [-0.15, -0.1) is 0 Å². The number of likely N-dealkylation sites (N-methyl/N-ethyl adjacent to an activating group) is 1. The summed E-state index contributed by atoms with van der Waals surface area (Å²) < 4.78 is 5.17. The van der Waals surface area contributed by atoms with Gasteiger partial charge in [-0.05, 0) is 19.5 Å². The van der Waals surface area contributed by atoms with Crippen molar-refractivity contribution in [1.29, 1.82) is 0 Å². The second kappa shape index (κ2) is 6.45. The number of nitrogens with zero attached hydrogens (tertiary/aromatic N) is 2. The highest BCUT2D eigenvalue weighted by Crippen LogP contribution is 2.12. The van der Waals surface area contributed by atoms with Crippen molar-refractivity contribution >= 4 is 5.82 Å². The van der Waals surface area contributed by atoms with Crippen LogP contribution in [0.5, 0.6) is 0 Å². The lowest BCUT2D eigenvalue weighted by molar-refractivity contribution is 0.0983. The summed E-state index contributed by atoms with van der Waals surface area (Å²) >= 11 is 0. The van der Waals surface area contributed by atoms with E-state index in [2.05, 4.69) is 23.7 Å². The molecule has 0 aliphatic heterocycles. The number of nitrogen functional groups attached to an aromatic ring is 1. The maximum absolute atomic E-state index is 5.83. The lowest BCUT2D eigenvalue weighted by atomic mass is 10.2. The van der Waals surface area contributed by atoms with Crippen LogP contribution in [0.15, 0.2) is 18.3 Å². The number of aromatic nitrogens is 1. The molecule has 0 amide bonds. The largest absolute Gasteiger partial charge is 0.383 e. The molecule has 0 radical (unpaired) electrons. The highest BCUT2D eigenvalue weighted by Gasteiger charge is 2.13. The van der Waals surface area contributed by atoms with Gasteiger partial charge in [0.25, 0.3) is 0 Å². The molecule has 1 atom stereocenters. The summed E-state index contributed by atoms with van der Waals surface area (Å²) in [7, 11) is 1.72. The van der Waals surface area contributed by atoms with E-state index in [1.807, 2.05) is 12.1 Å². The molecule has 0 saturated carbocycles. The molecule has 0 aliphatic carbocycles. The number of anilines is 1. The second-order valence-electron chi connectivity index (χ2n) is 3.92. The molecule has 0 fully saturated rings. The van der Waals surface area contributed by atoms with Crippen LogP contribution < -0.4 is 5.73 Å². The Morgan fingerprint density at radius 3 is 2.88 bits per heavy atom. The number of pyridine rings is 1. The van der Waals surface area contributed by atoms with Gasteiger partial charge in [0.1, 0.15) is 5.82 Å². The van der Waals surface area contributed by atoms with Crippen LogP contribution in [0, 0.1) is 0 Å². The molecule has 1 unspecified atom stereocenters. The second-order valence-corrected chi connectivity index (χ2v) is 3.92. The number of ether oxygens (including phenoxy) is 1. The fraction of sp³-hybridized carbons (Fsp3) is 0.583. The van der Waals surface area contributed by atoms with E-state index in [0.29, 0.717) is 11.9 Å². The predicted octanol–water partition coefficient (Wildman–Crippen LogP) is 1.52. The Kier molecular flexibility index (Phi) is 5.22. The Hall–Kier alpha value is -1.13. The lowest BCUT2D eigenvalue weighted by Gasteiger charge is -2.27. The molecule has 0 saturated heterocycles. The van der Waals surface area contributed by atoms with E-state index in [-0.39, 0.29) is 0 Å². The molecule has 1 rings (SSSR count). The van der Waals surface area contributed by atoms with E-state index < -0.39 is 0 Å². The van der Waals surface area contributed by atoms with Crippen molar-refractivity contribution in [2.75, 3.05) is 26.0 Å². The number of nitrogens with two attached hydrogens (primary N) is 1. The Morgan fingerprint density at radius 1 is 1.56 bits per heavy atom. The van der Waals surface area contributed by atoms with Gasteiger partial charge in [-0.2, -0.15) is 0 Å². The Balaban J connectivity index is 2.66. The first-order chi connectivity index (χ1) is 7.69. The first kappa shape index (κ1) is 12.9. The number of rotatable bonds is 6. The summed E-state index contributed by atoms with van der Waals surface area (Å²) in [6.45, 7) is 6.81. The molecular formula is C12H21N3O. The molecule has 16 heavy (non-hydrogen) atoms. The normalized spacial score (nSPS) is 13.0. The highest BCUT2D eigenvalue weighted by molar-refractivity contribution is 5.38. The topological polar surface area (TPSA) is 51.4 Å². The summed E-state index contributed by atoms with van der Waals surface area (Å²) in [5.74, 6) is 0.616. The molecule has 1 aromatic heterocycles. The maximum Gasteiger partial charge on any atom is 0.127 e. The smallest absolute Gasteiger partial charge is 0.127 e. The molecule has 2 N–H and O–H groups in total. The summed E-state index contributed by atoms with van der Waals surface area (Å²) in [5, 5.41) is 0. The van der Waals surface area contributed by atoms with Gasteiger partial charge in [0.05, 0.1) is 6.61 Å². The predicted molar refractivity (Wildman–Crippen MR) is 66.1 cm³/mol. The van der Waals surface area contributed by atoms with Gasteiger partial charge in [-0.25, -0.2) is 4.98 Å². The summed E-state index contributed by atoms with van der Waals surface area (Å²) in [6, 6.07) is 4.32. The third-order valence-corrected chi connectivity index (χ3v) is 2.74. The van der Waals surface area contributed by atoms with Gasteiger partial charge >= 0.3 is 0 Å². The third-order valence-electron chi connectivity index (χ3n) is 2.74. The van der Waals surface area contributed by atoms with Gasteiger partial charge in [0.2, 0.25) is 0 Å².